The first-order valence-corrected chi connectivity index (χ1v) is 3.89. The van der Waals surface area contributed by atoms with Crippen LogP contribution in [0.1, 0.15) is 0 Å². The van der Waals surface area contributed by atoms with Gasteiger partial charge in [-0.1, -0.05) is 6.08 Å². The predicted molar refractivity (Wildman–Crippen MR) is 48.2 cm³/mol. The third-order valence-electron chi connectivity index (χ3n) is 1.42. The molecule has 70 valence electrons. The lowest BCUT2D eigenvalue weighted by atomic mass is 10.4. The summed E-state index contributed by atoms with van der Waals surface area (Å²) in [6.45, 7) is 2.51. The Morgan fingerprint density at radius 2 is 2.33 bits per heavy atom. The number of carbonyl (C=O) groups is 1. The summed E-state index contributed by atoms with van der Waals surface area (Å²) in [5, 5.41) is 11.3. The first kappa shape index (κ1) is 11.1. The molecule has 0 aromatic rings. The molecule has 0 aromatic heterocycles. The van der Waals surface area contributed by atoms with Crippen LogP contribution in [0, 0.1) is 0 Å². The van der Waals surface area contributed by atoms with Crippen LogP contribution in [0.3, 0.4) is 0 Å². The monoisotopic (exact) mass is 172 g/mol. The molecule has 4 nitrogen and oxygen atoms in total. The van der Waals surface area contributed by atoms with E-state index < -0.39 is 5.97 Å². The van der Waals surface area contributed by atoms with Crippen molar-refractivity contribution in [2.45, 2.75) is 0 Å². The SMILES string of the molecule is CNCCN(C)C/C=C/C(=O)O. The maximum Gasteiger partial charge on any atom is 0.328 e. The molecule has 0 heterocycles. The minimum atomic E-state index is -0.892. The maximum absolute atomic E-state index is 10.1. The van der Waals surface area contributed by atoms with Gasteiger partial charge in [0.15, 0.2) is 0 Å². The molecule has 4 heteroatoms. The van der Waals surface area contributed by atoms with Gasteiger partial charge in [0.2, 0.25) is 0 Å². The molecule has 0 bridgehead atoms. The number of likely N-dealkylation sites (N-methyl/N-ethyl adjacent to an activating group) is 2. The Hall–Kier alpha value is -0.870. The maximum atomic E-state index is 10.1. The van der Waals surface area contributed by atoms with Crippen molar-refractivity contribution >= 4 is 5.97 Å². The van der Waals surface area contributed by atoms with Gasteiger partial charge in [0.1, 0.15) is 0 Å². The van der Waals surface area contributed by atoms with Crippen LogP contribution < -0.4 is 5.32 Å². The molecule has 0 unspecified atom stereocenters. The van der Waals surface area contributed by atoms with Crippen LogP contribution >= 0.6 is 0 Å². The van der Waals surface area contributed by atoms with Crippen molar-refractivity contribution in [3.05, 3.63) is 12.2 Å². The van der Waals surface area contributed by atoms with E-state index in [1.165, 1.54) is 0 Å². The molecule has 0 radical (unpaired) electrons. The number of nitrogens with zero attached hydrogens (tertiary/aromatic N) is 1. The molecular weight excluding hydrogens is 156 g/mol. The van der Waals surface area contributed by atoms with Gasteiger partial charge in [0.25, 0.3) is 0 Å². The topological polar surface area (TPSA) is 52.6 Å². The fraction of sp³-hybridized carbons (Fsp3) is 0.625. The standard InChI is InChI=1S/C8H16N2O2/c1-9-5-7-10(2)6-3-4-8(11)12/h3-4,9H,5-7H2,1-2H3,(H,11,12)/b4-3+. The zero-order chi connectivity index (χ0) is 9.40. The zero-order valence-electron chi connectivity index (χ0n) is 7.58. The summed E-state index contributed by atoms with van der Waals surface area (Å²) in [4.78, 5) is 12.1. The molecule has 0 saturated heterocycles. The van der Waals surface area contributed by atoms with Crippen molar-refractivity contribution in [3.63, 3.8) is 0 Å². The van der Waals surface area contributed by atoms with Crippen LogP contribution in [-0.2, 0) is 4.79 Å². The van der Waals surface area contributed by atoms with Crippen molar-refractivity contribution in [1.82, 2.24) is 10.2 Å². The molecule has 12 heavy (non-hydrogen) atoms. The van der Waals surface area contributed by atoms with E-state index in [9.17, 15) is 4.79 Å². The number of nitrogens with one attached hydrogen (secondary N) is 1. The van der Waals surface area contributed by atoms with E-state index in [4.69, 9.17) is 5.11 Å². The Morgan fingerprint density at radius 3 is 2.83 bits per heavy atom. The third kappa shape index (κ3) is 7.24. The predicted octanol–water partition coefficient (Wildman–Crippen LogP) is -0.222. The number of hydrogen-bond acceptors (Lipinski definition) is 3. The smallest absolute Gasteiger partial charge is 0.328 e. The second kappa shape index (κ2) is 6.82. The molecule has 0 aromatic carbocycles. The number of rotatable bonds is 6. The van der Waals surface area contributed by atoms with Gasteiger partial charge < -0.3 is 15.3 Å². The highest BCUT2D eigenvalue weighted by atomic mass is 16.4. The Kier molecular flexibility index (Phi) is 6.32. The summed E-state index contributed by atoms with van der Waals surface area (Å²) in [5.41, 5.74) is 0. The van der Waals surface area contributed by atoms with E-state index in [2.05, 4.69) is 5.32 Å². The molecule has 0 spiro atoms. The van der Waals surface area contributed by atoms with E-state index in [-0.39, 0.29) is 0 Å². The summed E-state index contributed by atoms with van der Waals surface area (Å²) < 4.78 is 0. The number of hydrogen-bond donors (Lipinski definition) is 2. The van der Waals surface area contributed by atoms with E-state index in [0.717, 1.165) is 19.2 Å². The second-order valence-electron chi connectivity index (χ2n) is 2.61. The summed E-state index contributed by atoms with van der Waals surface area (Å²) in [5.74, 6) is -0.892. The largest absolute Gasteiger partial charge is 0.478 e. The van der Waals surface area contributed by atoms with Crippen molar-refractivity contribution < 1.29 is 9.90 Å². The molecule has 0 fully saturated rings. The van der Waals surface area contributed by atoms with Gasteiger partial charge in [0.05, 0.1) is 0 Å². The third-order valence-corrected chi connectivity index (χ3v) is 1.42. The van der Waals surface area contributed by atoms with Gasteiger partial charge in [-0.3, -0.25) is 0 Å². The van der Waals surface area contributed by atoms with Crippen molar-refractivity contribution in [2.24, 2.45) is 0 Å². The van der Waals surface area contributed by atoms with Crippen molar-refractivity contribution in [3.8, 4) is 0 Å². The Labute approximate surface area is 72.9 Å². The van der Waals surface area contributed by atoms with Crippen LogP contribution in [0.25, 0.3) is 0 Å². The lowest BCUT2D eigenvalue weighted by Gasteiger charge is -2.12. The fourth-order valence-electron chi connectivity index (χ4n) is 0.727. The first-order chi connectivity index (χ1) is 5.66. The summed E-state index contributed by atoms with van der Waals surface area (Å²) >= 11 is 0. The highest BCUT2D eigenvalue weighted by Gasteiger charge is 1.93. The average Bonchev–Trinajstić information content (AvgIpc) is 2.00. The minimum absolute atomic E-state index is 0.675. The minimum Gasteiger partial charge on any atom is -0.478 e. The van der Waals surface area contributed by atoms with Gasteiger partial charge in [-0.2, -0.15) is 0 Å². The molecule has 0 aliphatic heterocycles. The second-order valence-corrected chi connectivity index (χ2v) is 2.61. The van der Waals surface area contributed by atoms with E-state index in [0.29, 0.717) is 6.54 Å². The lowest BCUT2D eigenvalue weighted by Crippen LogP contribution is -2.27. The Morgan fingerprint density at radius 1 is 1.67 bits per heavy atom. The summed E-state index contributed by atoms with van der Waals surface area (Å²) in [7, 11) is 3.84. The zero-order valence-corrected chi connectivity index (χ0v) is 7.58. The van der Waals surface area contributed by atoms with E-state index in [1.54, 1.807) is 6.08 Å². The number of aliphatic carboxylic acids is 1. The van der Waals surface area contributed by atoms with Crippen LogP contribution in [0.5, 0.6) is 0 Å². The van der Waals surface area contributed by atoms with Gasteiger partial charge in [-0.05, 0) is 14.1 Å². The summed E-state index contributed by atoms with van der Waals surface area (Å²) in [6, 6.07) is 0. The van der Waals surface area contributed by atoms with Crippen LogP contribution in [0.2, 0.25) is 0 Å². The highest BCUT2D eigenvalue weighted by molar-refractivity contribution is 5.79. The normalized spacial score (nSPS) is 11.2. The molecule has 0 aliphatic rings. The van der Waals surface area contributed by atoms with Gasteiger partial charge in [-0.25, -0.2) is 4.79 Å². The van der Waals surface area contributed by atoms with Crippen LogP contribution in [0.4, 0.5) is 0 Å². The molecular formula is C8H16N2O2. The highest BCUT2D eigenvalue weighted by Crippen LogP contribution is 1.82. The van der Waals surface area contributed by atoms with Crippen LogP contribution in [0.15, 0.2) is 12.2 Å². The lowest BCUT2D eigenvalue weighted by molar-refractivity contribution is -0.131. The fourth-order valence-corrected chi connectivity index (χ4v) is 0.727. The molecule has 0 rings (SSSR count). The van der Waals surface area contributed by atoms with Gasteiger partial charge >= 0.3 is 5.97 Å². The molecule has 0 aliphatic carbocycles. The molecule has 0 saturated carbocycles. The van der Waals surface area contributed by atoms with Crippen molar-refractivity contribution in [1.29, 1.82) is 0 Å². The van der Waals surface area contributed by atoms with Crippen molar-refractivity contribution in [2.75, 3.05) is 33.7 Å². The Balaban J connectivity index is 3.42. The molecule has 0 amide bonds. The van der Waals surface area contributed by atoms with E-state index in [1.807, 2.05) is 19.0 Å². The van der Waals surface area contributed by atoms with Gasteiger partial charge in [0, 0.05) is 25.7 Å². The Bertz CT molecular complexity index is 157. The average molecular weight is 172 g/mol. The van der Waals surface area contributed by atoms with Gasteiger partial charge in [-0.15, -0.1) is 0 Å². The molecule has 2 N–H and O–H groups in total. The first-order valence-electron chi connectivity index (χ1n) is 3.89. The van der Waals surface area contributed by atoms with Crippen LogP contribution in [-0.4, -0.2) is 49.7 Å². The summed E-state index contributed by atoms with van der Waals surface area (Å²) in [6.07, 6.45) is 2.80. The number of carboxylic acids is 1. The quantitative estimate of drug-likeness (QED) is 0.544. The van der Waals surface area contributed by atoms with E-state index >= 15 is 0 Å². The molecule has 0 atom stereocenters. The number of carboxylic acid groups (broad SMARTS) is 1.